The van der Waals surface area contributed by atoms with Gasteiger partial charge in [-0.2, -0.15) is 0 Å². The van der Waals surface area contributed by atoms with Gasteiger partial charge in [-0.1, -0.05) is 261 Å². The van der Waals surface area contributed by atoms with Gasteiger partial charge in [0.2, 0.25) is 0 Å². The largest absolute Gasteiger partial charge is 0.455 e. The van der Waals surface area contributed by atoms with E-state index in [1.807, 2.05) is 0 Å². The minimum Gasteiger partial charge on any atom is -0.455 e. The average Bonchev–Trinajstić information content (AvgIpc) is 1.55. The van der Waals surface area contributed by atoms with Gasteiger partial charge in [-0.05, 0) is 175 Å². The molecular weight excluding hydrogens is 1170 g/mol. The third-order valence-corrected chi connectivity index (χ3v) is 19.0. The van der Waals surface area contributed by atoms with E-state index in [0.29, 0.717) is 0 Å². The minimum absolute atomic E-state index is 0.839. The topological polar surface area (TPSA) is 32.8 Å². The lowest BCUT2D eigenvalue weighted by atomic mass is 9.92. The molecule has 0 atom stereocenters. The quantitative estimate of drug-likeness (QED) is 0.115. The first-order valence-corrected chi connectivity index (χ1v) is 32.8. The lowest BCUT2D eigenvalue weighted by Gasteiger charge is -2.30. The van der Waals surface area contributed by atoms with Crippen molar-refractivity contribution in [3.05, 3.63) is 364 Å². The first-order chi connectivity index (χ1) is 47.6. The molecule has 0 aliphatic carbocycles. The summed E-state index contributed by atoms with van der Waals surface area (Å²) in [5.41, 5.74) is 25.7. The zero-order valence-corrected chi connectivity index (χ0v) is 52.4. The van der Waals surface area contributed by atoms with Gasteiger partial charge in [0.05, 0.1) is 17.1 Å². The van der Waals surface area contributed by atoms with Crippen LogP contribution < -0.4 is 9.80 Å². The fourth-order valence-corrected chi connectivity index (χ4v) is 14.4. The third-order valence-electron chi connectivity index (χ3n) is 19.0. The van der Waals surface area contributed by atoms with Crippen LogP contribution in [0.15, 0.2) is 373 Å². The number of para-hydroxylation sites is 4. The Balaban J connectivity index is 0.727. The summed E-state index contributed by atoms with van der Waals surface area (Å²) in [6.07, 6.45) is 0. The van der Waals surface area contributed by atoms with Crippen LogP contribution in [-0.2, 0) is 0 Å². The van der Waals surface area contributed by atoms with E-state index in [4.69, 9.17) is 8.83 Å². The number of furan rings is 2. The second kappa shape index (κ2) is 23.7. The van der Waals surface area contributed by atoms with Gasteiger partial charge in [-0.25, -0.2) is 0 Å². The summed E-state index contributed by atoms with van der Waals surface area (Å²) in [6, 6.07) is 131. The predicted molar refractivity (Wildman–Crippen MR) is 403 cm³/mol. The molecule has 4 nitrogen and oxygen atoms in total. The van der Waals surface area contributed by atoms with E-state index in [1.54, 1.807) is 0 Å². The molecule has 0 fully saturated rings. The molecule has 96 heavy (non-hydrogen) atoms. The molecule has 2 heterocycles. The van der Waals surface area contributed by atoms with E-state index in [1.165, 1.54) is 16.7 Å². The lowest BCUT2D eigenvalue weighted by molar-refractivity contribution is 0.672. The zero-order valence-electron chi connectivity index (χ0n) is 52.4. The van der Waals surface area contributed by atoms with Crippen LogP contribution >= 0.6 is 0 Å². The van der Waals surface area contributed by atoms with Crippen molar-refractivity contribution in [3.8, 4) is 77.9 Å². The van der Waals surface area contributed by atoms with Crippen molar-refractivity contribution < 1.29 is 8.83 Å². The normalized spacial score (nSPS) is 11.5. The van der Waals surface area contributed by atoms with Crippen LogP contribution in [0.5, 0.6) is 0 Å². The molecule has 0 saturated carbocycles. The van der Waals surface area contributed by atoms with Crippen molar-refractivity contribution in [3.63, 3.8) is 0 Å². The summed E-state index contributed by atoms with van der Waals surface area (Å²) < 4.78 is 13.7. The molecule has 0 bridgehead atoms. The highest BCUT2D eigenvalue weighted by molar-refractivity contribution is 6.22. The molecule has 0 unspecified atom stereocenters. The van der Waals surface area contributed by atoms with Crippen LogP contribution in [0.3, 0.4) is 0 Å². The molecule has 18 aromatic rings. The summed E-state index contributed by atoms with van der Waals surface area (Å²) in [5, 5.41) is 8.82. The Morgan fingerprint density at radius 3 is 1.20 bits per heavy atom. The fraction of sp³-hybridized carbons (Fsp3) is 0. The Kier molecular flexibility index (Phi) is 13.8. The Morgan fingerprint density at radius 2 is 0.583 bits per heavy atom. The summed E-state index contributed by atoms with van der Waals surface area (Å²) >= 11 is 0. The summed E-state index contributed by atoms with van der Waals surface area (Å²) in [4.78, 5) is 4.80. The van der Waals surface area contributed by atoms with Gasteiger partial charge in [0, 0.05) is 66.1 Å². The van der Waals surface area contributed by atoms with Gasteiger partial charge in [-0.15, -0.1) is 0 Å². The summed E-state index contributed by atoms with van der Waals surface area (Å²) in [6.45, 7) is 0. The van der Waals surface area contributed by atoms with Crippen LogP contribution in [0.4, 0.5) is 34.1 Å². The van der Waals surface area contributed by atoms with E-state index in [0.717, 1.165) is 161 Å². The molecule has 0 radical (unpaired) electrons. The number of hydrogen-bond donors (Lipinski definition) is 0. The standard InChI is InChI=1S/C92H60N2O2/c1-4-22-61(23-5-1)66-28-20-29-67(56-66)62-42-49-74(50-43-62)93(73-32-8-3-9-33-73)85-39-17-15-35-77(85)72-48-55-89-84(60-72)90-82(58-70-27-11-13-38-80(70)92(90)96-89)69-31-21-30-68(57-69)63-44-51-75(52-45-63)94(86-40-18-14-34-76(86)64-24-6-2-7-25-64)87-41-19-16-36-78(87)71-47-54-88-83(59-71)81-53-46-65-26-10-12-37-79(65)91(81)95-88/h1-60H. The van der Waals surface area contributed by atoms with E-state index < -0.39 is 0 Å². The molecule has 0 aliphatic heterocycles. The van der Waals surface area contributed by atoms with E-state index in [9.17, 15) is 0 Å². The molecule has 450 valence electrons. The van der Waals surface area contributed by atoms with Crippen LogP contribution in [0.25, 0.3) is 143 Å². The second-order valence-corrected chi connectivity index (χ2v) is 24.7. The van der Waals surface area contributed by atoms with Crippen molar-refractivity contribution in [1.29, 1.82) is 0 Å². The van der Waals surface area contributed by atoms with Gasteiger partial charge >= 0.3 is 0 Å². The summed E-state index contributed by atoms with van der Waals surface area (Å²) in [5.74, 6) is 0. The third kappa shape index (κ3) is 9.95. The Hall–Kier alpha value is -12.8. The predicted octanol–water partition coefficient (Wildman–Crippen LogP) is 26.4. The van der Waals surface area contributed by atoms with Gasteiger partial charge in [-0.3, -0.25) is 0 Å². The van der Waals surface area contributed by atoms with E-state index in [-0.39, 0.29) is 0 Å². The van der Waals surface area contributed by atoms with Crippen LogP contribution in [0, 0.1) is 0 Å². The number of fused-ring (bicyclic) bond motifs is 10. The molecule has 0 N–H and O–H groups in total. The van der Waals surface area contributed by atoms with Crippen molar-refractivity contribution in [2.75, 3.05) is 9.80 Å². The SMILES string of the molecule is c1ccc(-c2cccc(-c3ccc(N(c4ccccc4)c4ccccc4-c4ccc5oc6c7ccccc7cc(-c7cccc(-c8ccc(N(c9ccccc9-c9ccccc9)c9ccccc9-c9ccc%10oc%11c%12ccccc%12ccc%11c%10c9)cc8)c7)c6c5c4)cc3)c2)cc1. The fourth-order valence-electron chi connectivity index (χ4n) is 14.4. The minimum atomic E-state index is 0.839. The highest BCUT2D eigenvalue weighted by Gasteiger charge is 2.24. The van der Waals surface area contributed by atoms with Gasteiger partial charge in [0.1, 0.15) is 22.3 Å². The molecule has 4 heteroatoms. The molecule has 0 saturated heterocycles. The van der Waals surface area contributed by atoms with Crippen molar-refractivity contribution in [2.45, 2.75) is 0 Å². The summed E-state index contributed by atoms with van der Waals surface area (Å²) in [7, 11) is 0. The highest BCUT2D eigenvalue weighted by Crippen LogP contribution is 2.49. The lowest BCUT2D eigenvalue weighted by Crippen LogP contribution is -2.12. The molecule has 0 aliphatic rings. The molecular formula is C92H60N2O2. The molecule has 0 amide bonds. The molecule has 2 aromatic heterocycles. The molecule has 18 rings (SSSR count). The number of benzene rings is 16. The van der Waals surface area contributed by atoms with Crippen LogP contribution in [-0.4, -0.2) is 0 Å². The molecule has 0 spiro atoms. The van der Waals surface area contributed by atoms with Crippen LogP contribution in [0.2, 0.25) is 0 Å². The Labute approximate surface area is 556 Å². The Bertz CT molecular complexity index is 5950. The van der Waals surface area contributed by atoms with Crippen LogP contribution in [0.1, 0.15) is 0 Å². The second-order valence-electron chi connectivity index (χ2n) is 24.7. The van der Waals surface area contributed by atoms with Gasteiger partial charge < -0.3 is 18.6 Å². The zero-order chi connectivity index (χ0) is 63.5. The maximum Gasteiger partial charge on any atom is 0.143 e. The van der Waals surface area contributed by atoms with E-state index in [2.05, 4.69) is 374 Å². The van der Waals surface area contributed by atoms with Crippen molar-refractivity contribution in [2.24, 2.45) is 0 Å². The van der Waals surface area contributed by atoms with Crippen molar-refractivity contribution in [1.82, 2.24) is 0 Å². The average molecular weight is 1230 g/mol. The first kappa shape index (κ1) is 56.0. The maximum absolute atomic E-state index is 7.04. The number of anilines is 6. The van der Waals surface area contributed by atoms with Gasteiger partial charge in [0.15, 0.2) is 0 Å². The van der Waals surface area contributed by atoms with Gasteiger partial charge in [0.25, 0.3) is 0 Å². The monoisotopic (exact) mass is 1220 g/mol. The maximum atomic E-state index is 7.04. The number of rotatable bonds is 13. The van der Waals surface area contributed by atoms with E-state index >= 15 is 0 Å². The highest BCUT2D eigenvalue weighted by atomic mass is 16.3. The van der Waals surface area contributed by atoms with Crippen molar-refractivity contribution >= 4 is 99.5 Å². The smallest absolute Gasteiger partial charge is 0.143 e. The number of nitrogens with zero attached hydrogens (tertiary/aromatic N) is 2. The molecule has 16 aromatic carbocycles. The number of hydrogen-bond acceptors (Lipinski definition) is 4. The Morgan fingerprint density at radius 1 is 0.188 bits per heavy atom. The first-order valence-electron chi connectivity index (χ1n) is 32.8.